The van der Waals surface area contributed by atoms with Gasteiger partial charge in [-0.3, -0.25) is 0 Å². The van der Waals surface area contributed by atoms with Crippen molar-refractivity contribution in [2.45, 2.75) is 12.3 Å². The summed E-state index contributed by atoms with van der Waals surface area (Å²) in [5, 5.41) is 0. The van der Waals surface area contributed by atoms with Crippen LogP contribution >= 0.6 is 0 Å². The first-order valence-corrected chi connectivity index (χ1v) is 27.8. The van der Waals surface area contributed by atoms with E-state index in [9.17, 15) is 0 Å². The molecule has 0 spiro atoms. The van der Waals surface area contributed by atoms with Gasteiger partial charge in [-0.25, -0.2) is 0 Å². The molecular weight excluding hydrogens is 961 g/mol. The third kappa shape index (κ3) is 8.78. The Bertz CT molecular complexity index is 4070. The molecule has 1 aliphatic rings. The van der Waals surface area contributed by atoms with Gasteiger partial charge in [0.15, 0.2) is 0 Å². The maximum atomic E-state index is 2.47. The van der Waals surface area contributed by atoms with Gasteiger partial charge in [0.25, 0.3) is 0 Å². The fraction of sp³-hybridized carbons (Fsp3) is 0.0250. The molecule has 0 aliphatic heterocycles. The average Bonchev–Trinajstić information content (AvgIpc) is 3.37. The van der Waals surface area contributed by atoms with E-state index in [4.69, 9.17) is 0 Å². The molecule has 0 aromatic heterocycles. The molecule has 0 bridgehead atoms. The predicted octanol–water partition coefficient (Wildman–Crippen LogP) is 21.4. The maximum absolute atomic E-state index is 2.47. The zero-order chi connectivity index (χ0) is 53.4. The number of benzene rings is 13. The molecule has 0 heteroatoms. The van der Waals surface area contributed by atoms with Crippen molar-refractivity contribution in [2.75, 3.05) is 0 Å². The Morgan fingerprint density at radius 2 is 0.463 bits per heavy atom. The van der Waals surface area contributed by atoms with E-state index in [1.54, 1.807) is 0 Å². The molecule has 13 aromatic carbocycles. The molecule has 0 unspecified atom stereocenters. The molecule has 1 aliphatic carbocycles. The smallest absolute Gasteiger partial charge is 0.0622 e. The van der Waals surface area contributed by atoms with E-state index in [0.29, 0.717) is 0 Å². The second-order valence-electron chi connectivity index (χ2n) is 21.2. The van der Waals surface area contributed by atoms with Gasteiger partial charge < -0.3 is 0 Å². The lowest BCUT2D eigenvalue weighted by Crippen LogP contribution is -2.28. The number of hydrogen-bond acceptors (Lipinski definition) is 0. The third-order valence-corrected chi connectivity index (χ3v) is 16.4. The van der Waals surface area contributed by atoms with Crippen LogP contribution in [-0.2, 0) is 5.41 Å². The van der Waals surface area contributed by atoms with E-state index in [-0.39, 0.29) is 0 Å². The zero-order valence-corrected chi connectivity index (χ0v) is 44.6. The van der Waals surface area contributed by atoms with Gasteiger partial charge in [0.1, 0.15) is 0 Å². The monoisotopic (exact) mass is 1020 g/mol. The van der Waals surface area contributed by atoms with Gasteiger partial charge in [-0.2, -0.15) is 0 Å². The Morgan fingerprint density at radius 1 is 0.188 bits per heavy atom. The van der Waals surface area contributed by atoms with E-state index in [2.05, 4.69) is 328 Å². The zero-order valence-electron chi connectivity index (χ0n) is 44.6. The molecule has 0 radical (unpaired) electrons. The first kappa shape index (κ1) is 48.2. The lowest BCUT2D eigenvalue weighted by Gasteiger charge is -2.34. The van der Waals surface area contributed by atoms with Crippen molar-refractivity contribution in [1.82, 2.24) is 0 Å². The quantitative estimate of drug-likeness (QED) is 0.121. The van der Waals surface area contributed by atoms with Crippen LogP contribution in [0.1, 0.15) is 27.8 Å². The second kappa shape index (κ2) is 20.7. The Hall–Kier alpha value is -10.1. The summed E-state index contributed by atoms with van der Waals surface area (Å²) in [6.45, 7) is 2.23. The van der Waals surface area contributed by atoms with Gasteiger partial charge in [0.2, 0.25) is 0 Å². The lowest BCUT2D eigenvalue weighted by molar-refractivity contribution is 0.769. The Balaban J connectivity index is 0.937. The molecular formula is C80H56. The van der Waals surface area contributed by atoms with Crippen LogP contribution in [0.15, 0.2) is 322 Å². The minimum atomic E-state index is -0.672. The van der Waals surface area contributed by atoms with Crippen molar-refractivity contribution < 1.29 is 0 Å². The number of rotatable bonds is 11. The third-order valence-electron chi connectivity index (χ3n) is 16.4. The lowest BCUT2D eigenvalue weighted by atomic mass is 9.67. The van der Waals surface area contributed by atoms with Crippen LogP contribution in [-0.4, -0.2) is 0 Å². The Kier molecular flexibility index (Phi) is 12.5. The van der Waals surface area contributed by atoms with Crippen molar-refractivity contribution in [2.24, 2.45) is 0 Å². The van der Waals surface area contributed by atoms with Gasteiger partial charge in [-0.1, -0.05) is 261 Å². The summed E-state index contributed by atoms with van der Waals surface area (Å²) < 4.78 is 0. The predicted molar refractivity (Wildman–Crippen MR) is 337 cm³/mol. The van der Waals surface area contributed by atoms with Gasteiger partial charge in [-0.15, -0.1) is 0 Å². The van der Waals surface area contributed by atoms with Crippen LogP contribution in [0.5, 0.6) is 0 Å². The first-order chi connectivity index (χ1) is 39.5. The minimum Gasteiger partial charge on any atom is -0.0622 e. The van der Waals surface area contributed by atoms with Crippen LogP contribution in [0.3, 0.4) is 0 Å². The number of hydrogen-bond donors (Lipinski definition) is 0. The van der Waals surface area contributed by atoms with Crippen LogP contribution < -0.4 is 0 Å². The van der Waals surface area contributed by atoms with E-state index in [0.717, 1.165) is 0 Å². The SMILES string of the molecule is Cc1ccccc1-c1cccc2c1-c1ccccc1C2(c1cccc(-c2cccc(-c3cc(-c4ccccc4)cc(-c4ccccc4)c3)c2)c1)c1cccc(-c2cccc(-c3cc(-c4ccccc4)cc(-c4ccccc4)c3)c2)c1. The summed E-state index contributed by atoms with van der Waals surface area (Å²) >= 11 is 0. The largest absolute Gasteiger partial charge is 0.0714 e. The minimum absolute atomic E-state index is 0.672. The van der Waals surface area contributed by atoms with Crippen LogP contribution in [0.25, 0.3) is 111 Å². The molecule has 0 saturated carbocycles. The highest BCUT2D eigenvalue weighted by Gasteiger charge is 2.47. The van der Waals surface area contributed by atoms with Crippen molar-refractivity contribution in [3.8, 4) is 111 Å². The van der Waals surface area contributed by atoms with E-state index in [1.165, 1.54) is 139 Å². The molecule has 0 N–H and O–H groups in total. The van der Waals surface area contributed by atoms with Gasteiger partial charge >= 0.3 is 0 Å². The highest BCUT2D eigenvalue weighted by molar-refractivity contribution is 5.97. The summed E-state index contributed by atoms with van der Waals surface area (Å²) in [6.07, 6.45) is 0. The van der Waals surface area contributed by atoms with E-state index < -0.39 is 5.41 Å². The molecule has 0 amide bonds. The summed E-state index contributed by atoms with van der Waals surface area (Å²) in [5.74, 6) is 0. The summed E-state index contributed by atoms with van der Waals surface area (Å²) in [7, 11) is 0. The van der Waals surface area contributed by atoms with Gasteiger partial charge in [0, 0.05) is 0 Å². The topological polar surface area (TPSA) is 0 Å². The fourth-order valence-corrected chi connectivity index (χ4v) is 12.6. The van der Waals surface area contributed by atoms with E-state index >= 15 is 0 Å². The average molecular weight is 1020 g/mol. The maximum Gasteiger partial charge on any atom is 0.0714 e. The van der Waals surface area contributed by atoms with Crippen molar-refractivity contribution >= 4 is 0 Å². The summed E-state index contributed by atoms with van der Waals surface area (Å²) in [6, 6.07) is 119. The highest BCUT2D eigenvalue weighted by Crippen LogP contribution is 2.59. The normalized spacial score (nSPS) is 12.2. The summed E-state index contributed by atoms with van der Waals surface area (Å²) in [4.78, 5) is 0. The molecule has 14 rings (SSSR count). The van der Waals surface area contributed by atoms with Crippen molar-refractivity contribution in [1.29, 1.82) is 0 Å². The van der Waals surface area contributed by atoms with Gasteiger partial charge in [-0.05, 0) is 207 Å². The Labute approximate surface area is 470 Å². The van der Waals surface area contributed by atoms with Crippen LogP contribution in [0.2, 0.25) is 0 Å². The molecule has 376 valence electrons. The Morgan fingerprint density at radius 3 is 0.887 bits per heavy atom. The molecule has 0 fully saturated rings. The molecule has 0 saturated heterocycles. The number of aryl methyl sites for hydroxylation is 1. The fourth-order valence-electron chi connectivity index (χ4n) is 12.6. The second-order valence-corrected chi connectivity index (χ2v) is 21.2. The molecule has 0 heterocycles. The molecule has 80 heavy (non-hydrogen) atoms. The van der Waals surface area contributed by atoms with Gasteiger partial charge in [0.05, 0.1) is 5.41 Å². The summed E-state index contributed by atoms with van der Waals surface area (Å²) in [5.41, 5.74) is 29.7. The van der Waals surface area contributed by atoms with Crippen LogP contribution in [0, 0.1) is 6.92 Å². The number of fused-ring (bicyclic) bond motifs is 3. The van der Waals surface area contributed by atoms with Crippen LogP contribution in [0.4, 0.5) is 0 Å². The van der Waals surface area contributed by atoms with E-state index in [1.807, 2.05) is 0 Å². The highest BCUT2D eigenvalue weighted by atomic mass is 14.5. The molecule has 13 aromatic rings. The standard InChI is InChI=1S/C80H56/c1-55-23-14-15-40-74(55)75-42-22-44-78-79(75)76-41-16-17-43-77(76)80(78,72-38-20-36-64(53-72)60-32-18-34-62(45-60)70-49-66(56-24-6-2-7-25-56)47-67(50-70)57-26-8-3-9-27-57)73-39-21-37-65(54-73)61-33-19-35-63(46-61)71-51-68(58-28-10-4-11-29-58)48-69(52-71)59-30-12-5-13-31-59/h2-54H,1H3. The van der Waals surface area contributed by atoms with Crippen molar-refractivity contribution in [3.05, 3.63) is 349 Å². The molecule has 0 nitrogen and oxygen atoms in total. The first-order valence-electron chi connectivity index (χ1n) is 27.8. The molecule has 0 atom stereocenters. The van der Waals surface area contributed by atoms with Crippen molar-refractivity contribution in [3.63, 3.8) is 0 Å².